The first-order valence-corrected chi connectivity index (χ1v) is 13.3. The second-order valence-corrected chi connectivity index (χ2v) is 10.1. The number of rotatable bonds is 6. The average Bonchev–Trinajstić information content (AvgIpc) is 2.98. The van der Waals surface area contributed by atoms with E-state index >= 15 is 0 Å². The number of fused-ring (bicyclic) bond motifs is 2. The van der Waals surface area contributed by atoms with Crippen LogP contribution in [0.25, 0.3) is 44.6 Å². The van der Waals surface area contributed by atoms with Crippen molar-refractivity contribution in [3.8, 4) is 22.5 Å². The zero-order chi connectivity index (χ0) is 26.8. The summed E-state index contributed by atoms with van der Waals surface area (Å²) in [4.78, 5) is 44.1. The highest BCUT2D eigenvalue weighted by molar-refractivity contribution is 7.98. The molecule has 0 saturated heterocycles. The van der Waals surface area contributed by atoms with E-state index in [0.717, 1.165) is 15.8 Å². The molecule has 0 saturated carbocycles. The van der Waals surface area contributed by atoms with Crippen LogP contribution in [0.15, 0.2) is 107 Å². The van der Waals surface area contributed by atoms with E-state index in [9.17, 15) is 9.59 Å². The SMILES string of the molecule is O=C(Cc1c[nH]c2nc(-c3ccccc3)c(-c3cc(Cl)c4ncccc4c3)nc2c1=O)NSc1ccccc1. The lowest BCUT2D eigenvalue weighted by Crippen LogP contribution is -2.23. The lowest BCUT2D eigenvalue weighted by Gasteiger charge is -2.12. The lowest BCUT2D eigenvalue weighted by atomic mass is 10.0. The molecular formula is C30H20ClN5O2S. The number of hydrogen-bond acceptors (Lipinski definition) is 6. The van der Waals surface area contributed by atoms with E-state index in [2.05, 4.69) is 14.7 Å². The first kappa shape index (κ1) is 24.8. The lowest BCUT2D eigenvalue weighted by molar-refractivity contribution is -0.118. The molecule has 0 atom stereocenters. The molecule has 0 aliphatic carbocycles. The number of benzene rings is 3. The quantitative estimate of drug-likeness (QED) is 0.239. The Hall–Kier alpha value is -4.53. The van der Waals surface area contributed by atoms with Crippen LogP contribution in [0.2, 0.25) is 5.02 Å². The third kappa shape index (κ3) is 5.12. The van der Waals surface area contributed by atoms with Gasteiger partial charge in [-0.15, -0.1) is 0 Å². The Kier molecular flexibility index (Phi) is 6.79. The fourth-order valence-corrected chi connectivity index (χ4v) is 5.17. The van der Waals surface area contributed by atoms with E-state index in [4.69, 9.17) is 21.6 Å². The Labute approximate surface area is 232 Å². The number of H-pyrrole nitrogens is 1. The summed E-state index contributed by atoms with van der Waals surface area (Å²) >= 11 is 7.79. The van der Waals surface area contributed by atoms with Gasteiger partial charge < -0.3 is 4.98 Å². The molecule has 6 rings (SSSR count). The van der Waals surface area contributed by atoms with Gasteiger partial charge in [0.05, 0.1) is 28.3 Å². The van der Waals surface area contributed by atoms with Gasteiger partial charge in [-0.05, 0) is 42.3 Å². The number of halogens is 1. The highest BCUT2D eigenvalue weighted by atomic mass is 35.5. The molecule has 0 spiro atoms. The molecule has 9 heteroatoms. The predicted octanol–water partition coefficient (Wildman–Crippen LogP) is 6.22. The van der Waals surface area contributed by atoms with Crippen LogP contribution < -0.4 is 10.2 Å². The van der Waals surface area contributed by atoms with Crippen molar-refractivity contribution in [2.24, 2.45) is 0 Å². The largest absolute Gasteiger partial charge is 0.344 e. The summed E-state index contributed by atoms with van der Waals surface area (Å²) in [5.41, 5.74) is 3.75. The number of nitrogens with one attached hydrogen (secondary N) is 2. The zero-order valence-corrected chi connectivity index (χ0v) is 22.0. The molecule has 39 heavy (non-hydrogen) atoms. The fourth-order valence-electron chi connectivity index (χ4n) is 4.30. The van der Waals surface area contributed by atoms with Gasteiger partial charge in [-0.2, -0.15) is 0 Å². The summed E-state index contributed by atoms with van der Waals surface area (Å²) in [6.45, 7) is 0. The van der Waals surface area contributed by atoms with Crippen molar-refractivity contribution in [2.75, 3.05) is 0 Å². The van der Waals surface area contributed by atoms with Crippen molar-refractivity contribution in [3.63, 3.8) is 0 Å². The maximum atomic E-state index is 13.5. The minimum Gasteiger partial charge on any atom is -0.344 e. The van der Waals surface area contributed by atoms with Crippen molar-refractivity contribution < 1.29 is 4.79 Å². The van der Waals surface area contributed by atoms with Crippen LogP contribution in [-0.4, -0.2) is 25.8 Å². The predicted molar refractivity (Wildman–Crippen MR) is 155 cm³/mol. The Morgan fingerprint density at radius 1 is 0.872 bits per heavy atom. The van der Waals surface area contributed by atoms with Crippen LogP contribution in [-0.2, 0) is 11.2 Å². The zero-order valence-electron chi connectivity index (χ0n) is 20.4. The van der Waals surface area contributed by atoms with Gasteiger partial charge in [0.1, 0.15) is 0 Å². The summed E-state index contributed by atoms with van der Waals surface area (Å²) in [6, 6.07) is 26.6. The molecule has 7 nitrogen and oxygen atoms in total. The first-order chi connectivity index (χ1) is 19.1. The summed E-state index contributed by atoms with van der Waals surface area (Å²) in [5, 5.41) is 1.32. The number of hydrogen-bond donors (Lipinski definition) is 2. The van der Waals surface area contributed by atoms with Crippen molar-refractivity contribution in [1.29, 1.82) is 0 Å². The molecule has 3 heterocycles. The van der Waals surface area contributed by atoms with E-state index in [1.54, 1.807) is 12.3 Å². The van der Waals surface area contributed by atoms with Crippen LogP contribution in [0.4, 0.5) is 0 Å². The van der Waals surface area contributed by atoms with Crippen LogP contribution in [0.3, 0.4) is 0 Å². The van der Waals surface area contributed by atoms with Crippen LogP contribution in [0.1, 0.15) is 5.56 Å². The number of carbonyl (C=O) groups is 1. The average molecular weight is 550 g/mol. The molecule has 0 bridgehead atoms. The van der Waals surface area contributed by atoms with Gasteiger partial charge in [0.25, 0.3) is 0 Å². The molecule has 1 amide bonds. The number of pyridine rings is 2. The summed E-state index contributed by atoms with van der Waals surface area (Å²) in [6.07, 6.45) is 3.11. The number of carbonyl (C=O) groups excluding carboxylic acids is 1. The summed E-state index contributed by atoms with van der Waals surface area (Å²) in [7, 11) is 0. The minimum atomic E-state index is -0.356. The highest BCUT2D eigenvalue weighted by Crippen LogP contribution is 2.34. The maximum absolute atomic E-state index is 13.5. The molecule has 0 unspecified atom stereocenters. The van der Waals surface area contributed by atoms with Crippen molar-refractivity contribution in [1.82, 2.24) is 24.7 Å². The molecule has 3 aromatic carbocycles. The Morgan fingerprint density at radius 2 is 1.62 bits per heavy atom. The topological polar surface area (TPSA) is 101 Å². The second-order valence-electron chi connectivity index (χ2n) is 8.78. The van der Waals surface area contributed by atoms with Crippen molar-refractivity contribution >= 4 is 51.5 Å². The molecule has 0 radical (unpaired) electrons. The molecule has 3 aromatic heterocycles. The van der Waals surface area contributed by atoms with Crippen LogP contribution in [0, 0.1) is 0 Å². The third-order valence-electron chi connectivity index (χ3n) is 6.14. The van der Waals surface area contributed by atoms with Gasteiger partial charge in [0.2, 0.25) is 11.3 Å². The molecule has 190 valence electrons. The number of nitrogens with zero attached hydrogens (tertiary/aromatic N) is 3. The Bertz CT molecular complexity index is 1900. The summed E-state index contributed by atoms with van der Waals surface area (Å²) in [5.74, 6) is -0.295. The van der Waals surface area contributed by atoms with Gasteiger partial charge in [-0.3, -0.25) is 19.3 Å². The van der Waals surface area contributed by atoms with Crippen LogP contribution in [0.5, 0.6) is 0 Å². The number of aromatic amines is 1. The van der Waals surface area contributed by atoms with Gasteiger partial charge in [0.15, 0.2) is 11.2 Å². The monoisotopic (exact) mass is 549 g/mol. The first-order valence-electron chi connectivity index (χ1n) is 12.1. The molecule has 2 N–H and O–H groups in total. The second kappa shape index (κ2) is 10.7. The highest BCUT2D eigenvalue weighted by Gasteiger charge is 2.19. The van der Waals surface area contributed by atoms with Gasteiger partial charge in [0, 0.05) is 39.4 Å². The van der Waals surface area contributed by atoms with E-state index in [0.29, 0.717) is 38.7 Å². The molecule has 0 aliphatic rings. The maximum Gasteiger partial charge on any atom is 0.234 e. The molecule has 6 aromatic rings. The van der Waals surface area contributed by atoms with Crippen LogP contribution >= 0.6 is 23.5 Å². The van der Waals surface area contributed by atoms with E-state index < -0.39 is 0 Å². The van der Waals surface area contributed by atoms with Gasteiger partial charge in [-0.1, -0.05) is 66.2 Å². The third-order valence-corrected chi connectivity index (χ3v) is 7.27. The Morgan fingerprint density at radius 3 is 2.41 bits per heavy atom. The standard InChI is InChI=1S/C30H20ClN5O2S/c31-23-15-20(14-19-10-7-13-32-25(19)23)27-26(18-8-3-1-4-9-18)35-30-28(34-27)29(38)21(17-33-30)16-24(37)36-39-22-11-5-2-6-12-22/h1-15,17H,16H2,(H,36,37)(H,33,35,38). The normalized spacial score (nSPS) is 11.1. The minimum absolute atomic E-state index is 0.101. The Balaban J connectivity index is 1.43. The smallest absolute Gasteiger partial charge is 0.234 e. The number of aromatic nitrogens is 4. The summed E-state index contributed by atoms with van der Waals surface area (Å²) < 4.78 is 2.78. The van der Waals surface area contributed by atoms with E-state index in [-0.39, 0.29) is 23.3 Å². The van der Waals surface area contributed by atoms with Gasteiger partial charge in [-0.25, -0.2) is 9.97 Å². The molecule has 0 fully saturated rings. The van der Waals surface area contributed by atoms with E-state index in [1.807, 2.05) is 78.9 Å². The fraction of sp³-hybridized carbons (Fsp3) is 0.0333. The van der Waals surface area contributed by atoms with Gasteiger partial charge >= 0.3 is 0 Å². The molecular weight excluding hydrogens is 530 g/mol. The number of amides is 1. The van der Waals surface area contributed by atoms with E-state index in [1.165, 1.54) is 18.1 Å². The van der Waals surface area contributed by atoms with Crippen molar-refractivity contribution in [2.45, 2.75) is 11.3 Å². The van der Waals surface area contributed by atoms with Crippen molar-refractivity contribution in [3.05, 3.63) is 118 Å². The molecule has 0 aliphatic heterocycles.